The number of nitrogen functional groups attached to an aromatic ring is 1. The van der Waals surface area contributed by atoms with Gasteiger partial charge in [-0.15, -0.1) is 0 Å². The summed E-state index contributed by atoms with van der Waals surface area (Å²) in [7, 11) is 0. The van der Waals surface area contributed by atoms with E-state index in [0.717, 1.165) is 17.0 Å². The molecule has 0 saturated heterocycles. The molecule has 2 aromatic carbocycles. The Morgan fingerprint density at radius 3 is 2.71 bits per heavy atom. The summed E-state index contributed by atoms with van der Waals surface area (Å²) in [5, 5.41) is 0. The van der Waals surface area contributed by atoms with Gasteiger partial charge in [0.05, 0.1) is 11.4 Å². The highest BCUT2D eigenvalue weighted by Crippen LogP contribution is 2.36. The Hall–Kier alpha value is -2.49. The lowest BCUT2D eigenvalue weighted by molar-refractivity contribution is -0.120. The largest absolute Gasteiger partial charge is 0.492 e. The Kier molecular flexibility index (Phi) is 3.52. The Morgan fingerprint density at radius 2 is 1.95 bits per heavy atom. The molecule has 1 heterocycles. The summed E-state index contributed by atoms with van der Waals surface area (Å²) < 4.78 is 5.61. The van der Waals surface area contributed by atoms with Crippen molar-refractivity contribution in [3.63, 3.8) is 0 Å². The van der Waals surface area contributed by atoms with Crippen LogP contribution in [0, 0.1) is 0 Å². The molecule has 0 aliphatic carbocycles. The number of benzene rings is 2. The minimum atomic E-state index is -0.263. The lowest BCUT2D eigenvalue weighted by Crippen LogP contribution is -2.36. The third-order valence-electron chi connectivity index (χ3n) is 3.81. The highest BCUT2D eigenvalue weighted by atomic mass is 16.5. The monoisotopic (exact) mass is 282 g/mol. The Labute approximate surface area is 124 Å². The number of carbonyl (C=O) groups is 1. The maximum atomic E-state index is 12.9. The van der Waals surface area contributed by atoms with Crippen molar-refractivity contribution >= 4 is 17.3 Å². The molecule has 1 unspecified atom stereocenters. The van der Waals surface area contributed by atoms with Crippen LogP contribution in [-0.2, 0) is 4.79 Å². The zero-order chi connectivity index (χ0) is 14.8. The van der Waals surface area contributed by atoms with Crippen molar-refractivity contribution in [3.05, 3.63) is 54.1 Å². The molecular weight excluding hydrogens is 264 g/mol. The third kappa shape index (κ3) is 2.33. The molecule has 1 amide bonds. The average molecular weight is 282 g/mol. The van der Waals surface area contributed by atoms with Gasteiger partial charge in [0.15, 0.2) is 0 Å². The fourth-order valence-corrected chi connectivity index (χ4v) is 2.73. The second-order valence-electron chi connectivity index (χ2n) is 5.04. The molecule has 0 saturated carbocycles. The predicted molar refractivity (Wildman–Crippen MR) is 83.6 cm³/mol. The van der Waals surface area contributed by atoms with Crippen LogP contribution in [0.2, 0.25) is 0 Å². The molecule has 0 spiro atoms. The van der Waals surface area contributed by atoms with E-state index in [-0.39, 0.29) is 11.8 Å². The summed E-state index contributed by atoms with van der Waals surface area (Å²) in [6.45, 7) is 2.92. The van der Waals surface area contributed by atoms with Gasteiger partial charge in [-0.25, -0.2) is 0 Å². The van der Waals surface area contributed by atoms with Crippen LogP contribution < -0.4 is 15.4 Å². The topological polar surface area (TPSA) is 55.6 Å². The number of carbonyl (C=O) groups excluding carboxylic acids is 1. The maximum Gasteiger partial charge on any atom is 0.238 e. The lowest BCUT2D eigenvalue weighted by Gasteiger charge is -2.25. The van der Waals surface area contributed by atoms with Gasteiger partial charge in [0.2, 0.25) is 5.91 Å². The van der Waals surface area contributed by atoms with Crippen molar-refractivity contribution in [2.24, 2.45) is 0 Å². The fraction of sp³-hybridized carbons (Fsp3) is 0.235. The summed E-state index contributed by atoms with van der Waals surface area (Å²) in [6, 6.07) is 15.1. The number of fused-ring (bicyclic) bond motifs is 1. The second kappa shape index (κ2) is 5.48. The van der Waals surface area contributed by atoms with Crippen LogP contribution >= 0.6 is 0 Å². The Balaban J connectivity index is 1.93. The van der Waals surface area contributed by atoms with Crippen LogP contribution in [0.1, 0.15) is 18.4 Å². The molecule has 3 rings (SSSR count). The number of hydrogen-bond donors (Lipinski definition) is 1. The molecule has 0 radical (unpaired) electrons. The van der Waals surface area contributed by atoms with Gasteiger partial charge < -0.3 is 15.4 Å². The van der Waals surface area contributed by atoms with Crippen molar-refractivity contribution in [3.8, 4) is 5.75 Å². The van der Waals surface area contributed by atoms with Gasteiger partial charge >= 0.3 is 0 Å². The summed E-state index contributed by atoms with van der Waals surface area (Å²) in [6.07, 6.45) is 0. The van der Waals surface area contributed by atoms with Crippen LogP contribution in [-0.4, -0.2) is 19.1 Å². The smallest absolute Gasteiger partial charge is 0.238 e. The van der Waals surface area contributed by atoms with Crippen molar-refractivity contribution in [1.29, 1.82) is 0 Å². The molecule has 108 valence electrons. The van der Waals surface area contributed by atoms with Gasteiger partial charge in [-0.3, -0.25) is 4.79 Å². The highest BCUT2D eigenvalue weighted by molar-refractivity contribution is 6.01. The number of amides is 1. The van der Waals surface area contributed by atoms with E-state index in [1.165, 1.54) is 0 Å². The van der Waals surface area contributed by atoms with Gasteiger partial charge in [0.25, 0.3) is 0 Å². The van der Waals surface area contributed by atoms with Crippen LogP contribution in [0.5, 0.6) is 5.75 Å². The SMILES string of the molecule is CCN(C(=O)C1COc2ccccc21)c1ccccc1N. The van der Waals surface area contributed by atoms with E-state index in [0.29, 0.717) is 18.8 Å². The van der Waals surface area contributed by atoms with E-state index in [2.05, 4.69) is 0 Å². The molecule has 1 aliphatic rings. The van der Waals surface area contributed by atoms with Crippen molar-refractivity contribution < 1.29 is 9.53 Å². The molecule has 0 fully saturated rings. The zero-order valence-electron chi connectivity index (χ0n) is 12.0. The summed E-state index contributed by atoms with van der Waals surface area (Å²) in [4.78, 5) is 14.6. The number of rotatable bonds is 3. The summed E-state index contributed by atoms with van der Waals surface area (Å²) >= 11 is 0. The third-order valence-corrected chi connectivity index (χ3v) is 3.81. The quantitative estimate of drug-likeness (QED) is 0.881. The molecule has 1 atom stereocenters. The molecular formula is C17H18N2O2. The minimum absolute atomic E-state index is 0.0281. The number of para-hydroxylation sites is 3. The normalized spacial score (nSPS) is 16.1. The molecule has 0 aromatic heterocycles. The highest BCUT2D eigenvalue weighted by Gasteiger charge is 2.33. The second-order valence-corrected chi connectivity index (χ2v) is 5.04. The minimum Gasteiger partial charge on any atom is -0.492 e. The summed E-state index contributed by atoms with van der Waals surface area (Å²) in [5.41, 5.74) is 8.33. The summed E-state index contributed by atoms with van der Waals surface area (Å²) in [5.74, 6) is 0.564. The van der Waals surface area contributed by atoms with Gasteiger partial charge in [-0.2, -0.15) is 0 Å². The fourth-order valence-electron chi connectivity index (χ4n) is 2.73. The standard InChI is InChI=1S/C17H18N2O2/c1-2-19(15-9-5-4-8-14(15)18)17(20)13-11-21-16-10-6-3-7-12(13)16/h3-10,13H,2,11,18H2,1H3. The van der Waals surface area contributed by atoms with Crippen LogP contribution in [0.3, 0.4) is 0 Å². The molecule has 4 heteroatoms. The van der Waals surface area contributed by atoms with Crippen molar-refractivity contribution in [2.45, 2.75) is 12.8 Å². The van der Waals surface area contributed by atoms with Gasteiger partial charge in [0.1, 0.15) is 18.3 Å². The van der Waals surface area contributed by atoms with E-state index in [9.17, 15) is 4.79 Å². The predicted octanol–water partition coefficient (Wildman–Crippen LogP) is 2.80. The Bertz CT molecular complexity index is 669. The van der Waals surface area contributed by atoms with Gasteiger partial charge in [0, 0.05) is 12.1 Å². The first-order valence-corrected chi connectivity index (χ1v) is 7.10. The first-order valence-electron chi connectivity index (χ1n) is 7.10. The number of nitrogens with zero attached hydrogens (tertiary/aromatic N) is 1. The van der Waals surface area contributed by atoms with Crippen molar-refractivity contribution in [2.75, 3.05) is 23.8 Å². The number of nitrogens with two attached hydrogens (primary N) is 1. The van der Waals surface area contributed by atoms with E-state index >= 15 is 0 Å². The maximum absolute atomic E-state index is 12.9. The van der Waals surface area contributed by atoms with Crippen LogP contribution in [0.25, 0.3) is 0 Å². The molecule has 21 heavy (non-hydrogen) atoms. The Morgan fingerprint density at radius 1 is 1.24 bits per heavy atom. The molecule has 2 N–H and O–H groups in total. The van der Waals surface area contributed by atoms with E-state index < -0.39 is 0 Å². The number of likely N-dealkylation sites (N-methyl/N-ethyl adjacent to an activating group) is 1. The van der Waals surface area contributed by atoms with E-state index in [1.54, 1.807) is 4.90 Å². The number of hydrogen-bond acceptors (Lipinski definition) is 3. The molecule has 2 aromatic rings. The van der Waals surface area contributed by atoms with Gasteiger partial charge in [-0.05, 0) is 25.1 Å². The lowest BCUT2D eigenvalue weighted by atomic mass is 9.99. The molecule has 1 aliphatic heterocycles. The van der Waals surface area contributed by atoms with Crippen molar-refractivity contribution in [1.82, 2.24) is 0 Å². The number of anilines is 2. The average Bonchev–Trinajstić information content (AvgIpc) is 2.93. The molecule has 0 bridgehead atoms. The first kappa shape index (κ1) is 13.5. The molecule has 4 nitrogen and oxygen atoms in total. The first-order chi connectivity index (χ1) is 10.2. The van der Waals surface area contributed by atoms with E-state index in [1.807, 2.05) is 55.5 Å². The number of ether oxygens (including phenoxy) is 1. The van der Waals surface area contributed by atoms with Crippen LogP contribution in [0.4, 0.5) is 11.4 Å². The zero-order valence-corrected chi connectivity index (χ0v) is 12.0. The van der Waals surface area contributed by atoms with E-state index in [4.69, 9.17) is 10.5 Å². The van der Waals surface area contributed by atoms with Gasteiger partial charge in [-0.1, -0.05) is 30.3 Å². The van der Waals surface area contributed by atoms with Crippen LogP contribution in [0.15, 0.2) is 48.5 Å².